The van der Waals surface area contributed by atoms with Gasteiger partial charge in [-0.1, -0.05) is 27.7 Å². The van der Waals surface area contributed by atoms with Crippen molar-refractivity contribution in [2.75, 3.05) is 13.1 Å². The number of hydrogen-bond acceptors (Lipinski definition) is 2. The van der Waals surface area contributed by atoms with Crippen LogP contribution < -0.4 is 5.73 Å². The van der Waals surface area contributed by atoms with Crippen LogP contribution in [0.25, 0.3) is 0 Å². The van der Waals surface area contributed by atoms with Gasteiger partial charge in [0.1, 0.15) is 0 Å². The second-order valence-electron chi connectivity index (χ2n) is 4.58. The molecule has 0 saturated heterocycles. The molecule has 0 aromatic heterocycles. The summed E-state index contributed by atoms with van der Waals surface area (Å²) in [5, 5.41) is 0. The lowest BCUT2D eigenvalue weighted by atomic mass is 10.1. The second kappa shape index (κ2) is 7.69. The zero-order valence-electron chi connectivity index (χ0n) is 10.6. The predicted octanol–water partition coefficient (Wildman–Crippen LogP) is 2.01. The van der Waals surface area contributed by atoms with E-state index in [0.29, 0.717) is 18.4 Å². The fourth-order valence-electron chi connectivity index (χ4n) is 1.95. The maximum atomic E-state index is 10.8. The van der Waals surface area contributed by atoms with Gasteiger partial charge >= 0.3 is 0 Å². The van der Waals surface area contributed by atoms with Crippen LogP contribution >= 0.6 is 0 Å². The van der Waals surface area contributed by atoms with Gasteiger partial charge in [0.25, 0.3) is 0 Å². The van der Waals surface area contributed by atoms with Crippen molar-refractivity contribution >= 4 is 5.91 Å². The minimum Gasteiger partial charge on any atom is -0.370 e. The van der Waals surface area contributed by atoms with E-state index in [1.54, 1.807) is 0 Å². The molecule has 15 heavy (non-hydrogen) atoms. The van der Waals surface area contributed by atoms with Crippen molar-refractivity contribution in [2.24, 2.45) is 11.7 Å². The molecule has 2 N–H and O–H groups in total. The Hall–Kier alpha value is -0.570. The molecule has 0 aliphatic rings. The predicted molar refractivity (Wildman–Crippen MR) is 64.6 cm³/mol. The molecule has 0 rings (SSSR count). The summed E-state index contributed by atoms with van der Waals surface area (Å²) in [4.78, 5) is 13.2. The molecule has 0 saturated carbocycles. The number of nitrogens with two attached hydrogens (primary N) is 1. The van der Waals surface area contributed by atoms with Crippen molar-refractivity contribution < 1.29 is 4.79 Å². The van der Waals surface area contributed by atoms with Gasteiger partial charge in [-0.25, -0.2) is 0 Å². The molecule has 0 aromatic rings. The van der Waals surface area contributed by atoms with E-state index >= 15 is 0 Å². The number of rotatable bonds is 8. The van der Waals surface area contributed by atoms with Crippen molar-refractivity contribution in [1.29, 1.82) is 0 Å². The van der Waals surface area contributed by atoms with Crippen LogP contribution in [0.15, 0.2) is 0 Å². The van der Waals surface area contributed by atoms with Crippen LogP contribution in [-0.4, -0.2) is 29.9 Å². The van der Waals surface area contributed by atoms with Crippen LogP contribution in [-0.2, 0) is 4.79 Å². The molecule has 0 atom stereocenters. The Bertz CT molecular complexity index is 176. The van der Waals surface area contributed by atoms with Gasteiger partial charge in [-0.3, -0.25) is 9.69 Å². The van der Waals surface area contributed by atoms with E-state index in [1.165, 1.54) is 0 Å². The van der Waals surface area contributed by atoms with Gasteiger partial charge in [-0.05, 0) is 18.8 Å². The summed E-state index contributed by atoms with van der Waals surface area (Å²) < 4.78 is 0. The highest BCUT2D eigenvalue weighted by Gasteiger charge is 2.16. The van der Waals surface area contributed by atoms with Crippen LogP contribution in [0, 0.1) is 5.92 Å². The maximum absolute atomic E-state index is 10.8. The molecule has 0 spiro atoms. The van der Waals surface area contributed by atoms with Gasteiger partial charge in [0.2, 0.25) is 5.91 Å². The van der Waals surface area contributed by atoms with E-state index in [0.717, 1.165) is 25.9 Å². The highest BCUT2D eigenvalue weighted by Crippen LogP contribution is 2.11. The minimum atomic E-state index is -0.199. The maximum Gasteiger partial charge on any atom is 0.218 e. The number of nitrogens with zero attached hydrogens (tertiary/aromatic N) is 1. The lowest BCUT2D eigenvalue weighted by molar-refractivity contribution is -0.118. The highest BCUT2D eigenvalue weighted by atomic mass is 16.1. The van der Waals surface area contributed by atoms with Gasteiger partial charge in [0, 0.05) is 25.6 Å². The first-order valence-electron chi connectivity index (χ1n) is 6.03. The molecule has 1 amide bonds. The van der Waals surface area contributed by atoms with Gasteiger partial charge < -0.3 is 5.73 Å². The summed E-state index contributed by atoms with van der Waals surface area (Å²) in [6, 6.07) is 0.590. The summed E-state index contributed by atoms with van der Waals surface area (Å²) in [6.45, 7) is 10.7. The van der Waals surface area contributed by atoms with Crippen LogP contribution in [0.5, 0.6) is 0 Å². The standard InChI is InChI=1S/C12H26N2O/c1-5-11(6-2)14(9-10(3)4)8-7-12(13)15/h10-11H,5-9H2,1-4H3,(H2,13,15). The van der Waals surface area contributed by atoms with Gasteiger partial charge in [-0.2, -0.15) is 0 Å². The normalized spacial score (nSPS) is 11.7. The third-order valence-corrected chi connectivity index (χ3v) is 2.70. The quantitative estimate of drug-likeness (QED) is 0.672. The third kappa shape index (κ3) is 6.50. The second-order valence-corrected chi connectivity index (χ2v) is 4.58. The van der Waals surface area contributed by atoms with Crippen molar-refractivity contribution in [3.63, 3.8) is 0 Å². The van der Waals surface area contributed by atoms with Crippen LogP contribution in [0.1, 0.15) is 47.0 Å². The molecule has 3 nitrogen and oxygen atoms in total. The zero-order chi connectivity index (χ0) is 11.8. The highest BCUT2D eigenvalue weighted by molar-refractivity contribution is 5.73. The average Bonchev–Trinajstić information content (AvgIpc) is 2.14. The van der Waals surface area contributed by atoms with Crippen molar-refractivity contribution in [3.8, 4) is 0 Å². The Morgan fingerprint density at radius 2 is 1.80 bits per heavy atom. The summed E-state index contributed by atoms with van der Waals surface area (Å²) in [7, 11) is 0. The molecular weight excluding hydrogens is 188 g/mol. The molecule has 0 aliphatic carbocycles. The van der Waals surface area contributed by atoms with E-state index in [4.69, 9.17) is 5.73 Å². The van der Waals surface area contributed by atoms with E-state index in [9.17, 15) is 4.79 Å². The van der Waals surface area contributed by atoms with Gasteiger partial charge in [0.05, 0.1) is 0 Å². The minimum absolute atomic E-state index is 0.199. The van der Waals surface area contributed by atoms with Crippen LogP contribution in [0.4, 0.5) is 0 Å². The topological polar surface area (TPSA) is 46.3 Å². The average molecular weight is 214 g/mol. The largest absolute Gasteiger partial charge is 0.370 e. The monoisotopic (exact) mass is 214 g/mol. The van der Waals surface area contributed by atoms with Gasteiger partial charge in [-0.15, -0.1) is 0 Å². The Morgan fingerprint density at radius 1 is 1.27 bits per heavy atom. The SMILES string of the molecule is CCC(CC)N(CCC(N)=O)CC(C)C. The fourth-order valence-corrected chi connectivity index (χ4v) is 1.95. The zero-order valence-corrected chi connectivity index (χ0v) is 10.6. The fraction of sp³-hybridized carbons (Fsp3) is 0.917. The summed E-state index contributed by atoms with van der Waals surface area (Å²) >= 11 is 0. The van der Waals surface area contributed by atoms with E-state index < -0.39 is 0 Å². The molecule has 0 unspecified atom stereocenters. The van der Waals surface area contributed by atoms with Crippen LogP contribution in [0.3, 0.4) is 0 Å². The Balaban J connectivity index is 4.21. The number of carbonyl (C=O) groups is 1. The molecule has 0 aromatic carbocycles. The van der Waals surface area contributed by atoms with Gasteiger partial charge in [0.15, 0.2) is 0 Å². The molecule has 0 fully saturated rings. The Labute approximate surface area is 94.0 Å². The Morgan fingerprint density at radius 3 is 2.13 bits per heavy atom. The van der Waals surface area contributed by atoms with Crippen molar-refractivity contribution in [2.45, 2.75) is 53.0 Å². The van der Waals surface area contributed by atoms with Crippen LogP contribution in [0.2, 0.25) is 0 Å². The van der Waals surface area contributed by atoms with E-state index in [-0.39, 0.29) is 5.91 Å². The first-order valence-corrected chi connectivity index (χ1v) is 6.03. The number of carbonyl (C=O) groups excluding carboxylic acids is 1. The molecule has 0 aliphatic heterocycles. The first kappa shape index (κ1) is 14.4. The van der Waals surface area contributed by atoms with E-state index in [2.05, 4.69) is 32.6 Å². The summed E-state index contributed by atoms with van der Waals surface area (Å²) in [5.41, 5.74) is 5.19. The third-order valence-electron chi connectivity index (χ3n) is 2.70. The molecule has 90 valence electrons. The first-order chi connectivity index (χ1) is 7.01. The summed E-state index contributed by atoms with van der Waals surface area (Å²) in [6.07, 6.45) is 2.76. The number of amides is 1. The lowest BCUT2D eigenvalue weighted by Gasteiger charge is -2.31. The van der Waals surface area contributed by atoms with E-state index in [1.807, 2.05) is 0 Å². The molecule has 3 heteroatoms. The molecular formula is C12H26N2O. The smallest absolute Gasteiger partial charge is 0.218 e. The molecule has 0 bridgehead atoms. The number of primary amides is 1. The van der Waals surface area contributed by atoms with Crippen molar-refractivity contribution in [3.05, 3.63) is 0 Å². The Kier molecular flexibility index (Phi) is 7.39. The lowest BCUT2D eigenvalue weighted by Crippen LogP contribution is -2.39. The summed E-state index contributed by atoms with van der Waals surface area (Å²) in [5.74, 6) is 0.438. The number of hydrogen-bond donors (Lipinski definition) is 1. The van der Waals surface area contributed by atoms with Crippen molar-refractivity contribution in [1.82, 2.24) is 4.90 Å². The molecule has 0 radical (unpaired) electrons. The molecule has 0 heterocycles.